The quantitative estimate of drug-likeness (QED) is 0.290. The molecule has 0 radical (unpaired) electrons. The van der Waals surface area contributed by atoms with Crippen molar-refractivity contribution in [3.8, 4) is 22.5 Å². The Morgan fingerprint density at radius 2 is 1.76 bits per heavy atom. The van der Waals surface area contributed by atoms with Crippen molar-refractivity contribution in [1.29, 1.82) is 0 Å². The first-order chi connectivity index (χ1) is 18.1. The molecular weight excluding hydrogens is 464 g/mol. The first-order valence-corrected chi connectivity index (χ1v) is 12.1. The van der Waals surface area contributed by atoms with E-state index in [1.807, 2.05) is 54.9 Å². The average Bonchev–Trinajstić information content (AvgIpc) is 3.66. The highest BCUT2D eigenvalue weighted by Gasteiger charge is 2.29. The van der Waals surface area contributed by atoms with E-state index in [0.29, 0.717) is 12.4 Å². The second-order valence-corrected chi connectivity index (χ2v) is 9.05. The van der Waals surface area contributed by atoms with E-state index in [0.717, 1.165) is 50.6 Å². The molecule has 3 aromatic heterocycles. The van der Waals surface area contributed by atoms with Crippen LogP contribution in [-0.2, 0) is 11.3 Å². The lowest BCUT2D eigenvalue weighted by molar-refractivity contribution is 0.169. The highest BCUT2D eigenvalue weighted by molar-refractivity contribution is 5.68. The van der Waals surface area contributed by atoms with E-state index in [1.54, 1.807) is 18.7 Å². The topological polar surface area (TPSA) is 82.1 Å². The molecule has 2 aromatic carbocycles. The fourth-order valence-electron chi connectivity index (χ4n) is 4.58. The molecular formula is C29H26N6O2. The van der Waals surface area contributed by atoms with Crippen molar-refractivity contribution in [3.63, 3.8) is 0 Å². The van der Waals surface area contributed by atoms with Crippen LogP contribution in [0.4, 0.5) is 5.88 Å². The average molecular weight is 491 g/mol. The smallest absolute Gasteiger partial charge is 0.237 e. The maximum Gasteiger partial charge on any atom is 0.237 e. The first-order valence-electron chi connectivity index (χ1n) is 12.1. The van der Waals surface area contributed by atoms with Crippen molar-refractivity contribution >= 4 is 5.88 Å². The Morgan fingerprint density at radius 3 is 2.54 bits per heavy atom. The monoisotopic (exact) mass is 490 g/mol. The van der Waals surface area contributed by atoms with Crippen LogP contribution in [0.25, 0.3) is 22.5 Å². The van der Waals surface area contributed by atoms with Gasteiger partial charge in [-0.15, -0.1) is 0 Å². The van der Waals surface area contributed by atoms with E-state index in [1.165, 1.54) is 0 Å². The number of nitrogens with zero attached hydrogens (tertiary/aromatic N) is 6. The Hall–Kier alpha value is -4.72. The summed E-state index contributed by atoms with van der Waals surface area (Å²) < 4.78 is 13.6. The van der Waals surface area contributed by atoms with Crippen LogP contribution in [0.2, 0.25) is 0 Å². The summed E-state index contributed by atoms with van der Waals surface area (Å²) >= 11 is 0. The molecule has 0 aliphatic carbocycles. The summed E-state index contributed by atoms with van der Waals surface area (Å²) in [6.07, 6.45) is 8.58. The van der Waals surface area contributed by atoms with Crippen molar-refractivity contribution in [3.05, 3.63) is 114 Å². The van der Waals surface area contributed by atoms with E-state index in [9.17, 15) is 0 Å². The third-order valence-electron chi connectivity index (χ3n) is 6.64. The van der Waals surface area contributed by atoms with Crippen molar-refractivity contribution < 1.29 is 9.26 Å². The largest absolute Gasteiger partial charge is 0.472 e. The predicted molar refractivity (Wildman–Crippen MR) is 140 cm³/mol. The molecule has 0 saturated carbocycles. The standard InChI is InChI=1S/C29H26N6O2/c1-19-20(2)33-37-28(19)35-15-16-36-29(35)23-9-10-25(22-7-5-4-6-8-22)24(17-23)18-34-14-11-26(32-34)27-21(3)30-12-13-31-27/h4-17,29H,18H2,1-3H3. The molecule has 5 aromatic rings. The van der Waals surface area contributed by atoms with Gasteiger partial charge < -0.3 is 9.26 Å². The van der Waals surface area contributed by atoms with Gasteiger partial charge in [0.05, 0.1) is 17.9 Å². The molecule has 37 heavy (non-hydrogen) atoms. The van der Waals surface area contributed by atoms with Gasteiger partial charge in [-0.25, -0.2) is 0 Å². The number of aryl methyl sites for hydroxylation is 2. The van der Waals surface area contributed by atoms with E-state index in [2.05, 4.69) is 57.6 Å². The Labute approximate surface area is 214 Å². The zero-order valence-corrected chi connectivity index (χ0v) is 20.9. The van der Waals surface area contributed by atoms with Crippen LogP contribution in [-0.4, -0.2) is 24.9 Å². The predicted octanol–water partition coefficient (Wildman–Crippen LogP) is 5.98. The van der Waals surface area contributed by atoms with E-state index in [-0.39, 0.29) is 6.23 Å². The zero-order valence-electron chi connectivity index (χ0n) is 20.9. The van der Waals surface area contributed by atoms with E-state index in [4.69, 9.17) is 14.4 Å². The molecule has 4 heterocycles. The van der Waals surface area contributed by atoms with Crippen molar-refractivity contribution in [1.82, 2.24) is 24.9 Å². The maximum atomic E-state index is 6.02. The van der Waals surface area contributed by atoms with Crippen LogP contribution in [0.15, 0.2) is 90.2 Å². The van der Waals surface area contributed by atoms with Gasteiger partial charge in [0.25, 0.3) is 0 Å². The number of ether oxygens (including phenoxy) is 1. The number of rotatable bonds is 6. The molecule has 6 rings (SSSR count). The summed E-state index contributed by atoms with van der Waals surface area (Å²) in [7, 11) is 0. The summed E-state index contributed by atoms with van der Waals surface area (Å²) in [5.74, 6) is 0.681. The number of benzene rings is 2. The van der Waals surface area contributed by atoms with Crippen LogP contribution >= 0.6 is 0 Å². The fourth-order valence-corrected chi connectivity index (χ4v) is 4.58. The molecule has 1 unspecified atom stereocenters. The Kier molecular flexibility index (Phi) is 5.76. The third-order valence-corrected chi connectivity index (χ3v) is 6.64. The number of aromatic nitrogens is 5. The molecule has 0 fully saturated rings. The van der Waals surface area contributed by atoms with Gasteiger partial charge in [-0.3, -0.25) is 19.5 Å². The van der Waals surface area contributed by atoms with Gasteiger partial charge >= 0.3 is 0 Å². The first kappa shape index (κ1) is 22.7. The Bertz CT molecular complexity index is 1590. The van der Waals surface area contributed by atoms with E-state index >= 15 is 0 Å². The van der Waals surface area contributed by atoms with Crippen LogP contribution in [0, 0.1) is 20.8 Å². The molecule has 0 spiro atoms. The highest BCUT2D eigenvalue weighted by Crippen LogP contribution is 2.37. The summed E-state index contributed by atoms with van der Waals surface area (Å²) in [5, 5.41) is 8.93. The molecule has 1 aliphatic heterocycles. The van der Waals surface area contributed by atoms with Gasteiger partial charge in [0.2, 0.25) is 12.1 Å². The van der Waals surface area contributed by atoms with Crippen molar-refractivity contribution in [2.24, 2.45) is 0 Å². The molecule has 1 aliphatic rings. The number of hydrogen-bond acceptors (Lipinski definition) is 7. The van der Waals surface area contributed by atoms with Crippen LogP contribution in [0.1, 0.15) is 34.3 Å². The van der Waals surface area contributed by atoms with Gasteiger partial charge in [-0.1, -0.05) is 47.6 Å². The number of anilines is 1. The minimum absolute atomic E-state index is 0.356. The molecule has 8 nitrogen and oxygen atoms in total. The zero-order chi connectivity index (χ0) is 25.4. The normalized spacial score (nSPS) is 14.8. The number of hydrogen-bond donors (Lipinski definition) is 0. The van der Waals surface area contributed by atoms with Crippen LogP contribution in [0.5, 0.6) is 0 Å². The van der Waals surface area contributed by atoms with Gasteiger partial charge in [-0.05, 0) is 49.6 Å². The second kappa shape index (κ2) is 9.39. The van der Waals surface area contributed by atoms with Gasteiger partial charge in [-0.2, -0.15) is 5.10 Å². The Morgan fingerprint density at radius 1 is 0.919 bits per heavy atom. The summed E-state index contributed by atoms with van der Waals surface area (Å²) in [6, 6.07) is 18.8. The molecule has 0 amide bonds. The van der Waals surface area contributed by atoms with E-state index < -0.39 is 0 Å². The lowest BCUT2D eigenvalue weighted by Crippen LogP contribution is -2.20. The van der Waals surface area contributed by atoms with Gasteiger partial charge in [0.15, 0.2) is 0 Å². The molecule has 8 heteroatoms. The summed E-state index contributed by atoms with van der Waals surface area (Å²) in [6.45, 7) is 6.46. The van der Waals surface area contributed by atoms with Gasteiger partial charge in [0, 0.05) is 35.9 Å². The minimum Gasteiger partial charge on any atom is -0.472 e. The molecule has 184 valence electrons. The van der Waals surface area contributed by atoms with Crippen molar-refractivity contribution in [2.75, 3.05) is 4.90 Å². The Balaban J connectivity index is 1.37. The van der Waals surface area contributed by atoms with Crippen molar-refractivity contribution in [2.45, 2.75) is 33.5 Å². The third kappa shape index (κ3) is 4.27. The highest BCUT2D eigenvalue weighted by atomic mass is 16.5. The summed E-state index contributed by atoms with van der Waals surface area (Å²) in [5.41, 5.74) is 8.70. The van der Waals surface area contributed by atoms with Crippen LogP contribution < -0.4 is 4.90 Å². The van der Waals surface area contributed by atoms with Gasteiger partial charge in [0.1, 0.15) is 17.6 Å². The molecule has 0 saturated heterocycles. The maximum absolute atomic E-state index is 6.02. The lowest BCUT2D eigenvalue weighted by atomic mass is 9.96. The molecule has 0 bridgehead atoms. The minimum atomic E-state index is -0.356. The fraction of sp³-hybridized carbons (Fsp3) is 0.172. The summed E-state index contributed by atoms with van der Waals surface area (Å²) in [4.78, 5) is 10.8. The molecule has 1 atom stereocenters. The lowest BCUT2D eigenvalue weighted by Gasteiger charge is -2.23. The van der Waals surface area contributed by atoms with Crippen LogP contribution in [0.3, 0.4) is 0 Å². The second-order valence-electron chi connectivity index (χ2n) is 9.05. The molecule has 0 N–H and O–H groups in total. The SMILES string of the molecule is Cc1nccnc1-c1ccn(Cc2cc(C3OC=CN3c3onc(C)c3C)ccc2-c2ccccc2)n1.